The average Bonchev–Trinajstić information content (AvgIpc) is 2.83. The molecule has 1 amide bonds. The highest BCUT2D eigenvalue weighted by atomic mass is 16.2. The lowest BCUT2D eigenvalue weighted by molar-refractivity contribution is -0.116. The summed E-state index contributed by atoms with van der Waals surface area (Å²) >= 11 is 0. The highest BCUT2D eigenvalue weighted by Gasteiger charge is 2.22. The van der Waals surface area contributed by atoms with E-state index >= 15 is 0 Å². The van der Waals surface area contributed by atoms with Crippen LogP contribution in [0.25, 0.3) is 0 Å². The van der Waals surface area contributed by atoms with Crippen molar-refractivity contribution >= 4 is 17.3 Å². The smallest absolute Gasteiger partial charge is 0.223 e. The zero-order valence-electron chi connectivity index (χ0n) is 11.6. The Morgan fingerprint density at radius 2 is 2.05 bits per heavy atom. The summed E-state index contributed by atoms with van der Waals surface area (Å²) in [6.07, 6.45) is 7.64. The van der Waals surface area contributed by atoms with Crippen LogP contribution in [0.3, 0.4) is 0 Å². The second-order valence-corrected chi connectivity index (χ2v) is 5.74. The van der Waals surface area contributed by atoms with Gasteiger partial charge in [-0.1, -0.05) is 19.3 Å². The fourth-order valence-corrected chi connectivity index (χ4v) is 3.30. The summed E-state index contributed by atoms with van der Waals surface area (Å²) in [5, 5.41) is 3.65. The lowest BCUT2D eigenvalue weighted by atomic mass is 9.95. The molecule has 0 atom stereocenters. The molecule has 102 valence electrons. The number of hydrogen-bond acceptors (Lipinski definition) is 2. The highest BCUT2D eigenvalue weighted by Crippen LogP contribution is 2.31. The molecule has 0 saturated heterocycles. The first-order chi connectivity index (χ1) is 9.24. The van der Waals surface area contributed by atoms with Gasteiger partial charge in [-0.3, -0.25) is 4.79 Å². The first-order valence-electron chi connectivity index (χ1n) is 7.41. The Balaban J connectivity index is 1.73. The van der Waals surface area contributed by atoms with Gasteiger partial charge in [-0.05, 0) is 43.0 Å². The van der Waals surface area contributed by atoms with Crippen molar-refractivity contribution in [2.75, 3.05) is 16.8 Å². The second kappa shape index (κ2) is 5.24. The van der Waals surface area contributed by atoms with Crippen LogP contribution in [0.1, 0.15) is 44.6 Å². The van der Waals surface area contributed by atoms with Crippen LogP contribution in [-0.4, -0.2) is 18.5 Å². The van der Waals surface area contributed by atoms with E-state index in [0.717, 1.165) is 18.7 Å². The molecular weight excluding hydrogens is 236 g/mol. The van der Waals surface area contributed by atoms with E-state index in [1.165, 1.54) is 43.4 Å². The topological polar surface area (TPSA) is 32.3 Å². The molecule has 0 bridgehead atoms. The normalized spacial score (nSPS) is 19.3. The minimum absolute atomic E-state index is 0.145. The first-order valence-corrected chi connectivity index (χ1v) is 7.41. The van der Waals surface area contributed by atoms with Crippen molar-refractivity contribution in [1.29, 1.82) is 0 Å². The largest absolute Gasteiger partial charge is 0.382 e. The van der Waals surface area contributed by atoms with E-state index in [9.17, 15) is 4.79 Å². The maximum Gasteiger partial charge on any atom is 0.223 e. The number of carbonyl (C=O) groups excluding carboxylic acids is 1. The second-order valence-electron chi connectivity index (χ2n) is 5.74. The fraction of sp³-hybridized carbons (Fsp3) is 0.562. The van der Waals surface area contributed by atoms with Gasteiger partial charge in [0.15, 0.2) is 0 Å². The van der Waals surface area contributed by atoms with Crippen molar-refractivity contribution in [3.05, 3.63) is 23.8 Å². The van der Waals surface area contributed by atoms with Crippen LogP contribution in [-0.2, 0) is 11.2 Å². The Kier molecular flexibility index (Phi) is 3.45. The Hall–Kier alpha value is -1.51. The lowest BCUT2D eigenvalue weighted by Gasteiger charge is -2.24. The molecule has 3 rings (SSSR count). The van der Waals surface area contributed by atoms with E-state index < -0.39 is 0 Å². The molecule has 1 aliphatic carbocycles. The number of hydrogen-bond donors (Lipinski definition) is 1. The molecule has 3 heteroatoms. The molecular formula is C16H22N2O. The third kappa shape index (κ3) is 2.60. The summed E-state index contributed by atoms with van der Waals surface area (Å²) in [6, 6.07) is 7.08. The molecule has 1 N–H and O–H groups in total. The van der Waals surface area contributed by atoms with Crippen molar-refractivity contribution in [1.82, 2.24) is 0 Å². The zero-order chi connectivity index (χ0) is 13.2. The van der Waals surface area contributed by atoms with Gasteiger partial charge in [0.2, 0.25) is 5.91 Å². The van der Waals surface area contributed by atoms with Crippen LogP contribution in [0.4, 0.5) is 11.4 Å². The summed E-state index contributed by atoms with van der Waals surface area (Å²) < 4.78 is 0. The number of carbonyl (C=O) groups is 1. The van der Waals surface area contributed by atoms with Crippen LogP contribution in [0.2, 0.25) is 0 Å². The zero-order valence-corrected chi connectivity index (χ0v) is 11.6. The molecule has 0 unspecified atom stereocenters. The van der Waals surface area contributed by atoms with Crippen LogP contribution in [0.5, 0.6) is 0 Å². The third-order valence-corrected chi connectivity index (χ3v) is 4.33. The molecule has 1 aromatic rings. The van der Waals surface area contributed by atoms with E-state index in [1.807, 2.05) is 4.90 Å². The molecule has 19 heavy (non-hydrogen) atoms. The van der Waals surface area contributed by atoms with Crippen molar-refractivity contribution in [3.8, 4) is 0 Å². The average molecular weight is 258 g/mol. The van der Waals surface area contributed by atoms with Crippen molar-refractivity contribution in [2.45, 2.75) is 51.5 Å². The van der Waals surface area contributed by atoms with Crippen LogP contribution < -0.4 is 10.2 Å². The van der Waals surface area contributed by atoms with Gasteiger partial charge in [-0.2, -0.15) is 0 Å². The van der Waals surface area contributed by atoms with Gasteiger partial charge in [0.25, 0.3) is 0 Å². The number of benzene rings is 1. The molecule has 1 fully saturated rings. The highest BCUT2D eigenvalue weighted by molar-refractivity contribution is 5.94. The lowest BCUT2D eigenvalue weighted by Crippen LogP contribution is -2.25. The summed E-state index contributed by atoms with van der Waals surface area (Å²) in [7, 11) is 0. The summed E-state index contributed by atoms with van der Waals surface area (Å²) in [6.45, 7) is 2.47. The van der Waals surface area contributed by atoms with Crippen molar-refractivity contribution in [3.63, 3.8) is 0 Å². The molecule has 1 aromatic carbocycles. The molecule has 0 radical (unpaired) electrons. The summed E-state index contributed by atoms with van der Waals surface area (Å²) in [5.41, 5.74) is 3.62. The number of fused-ring (bicyclic) bond motifs is 1. The van der Waals surface area contributed by atoms with Gasteiger partial charge < -0.3 is 10.2 Å². The van der Waals surface area contributed by atoms with E-state index in [2.05, 4.69) is 23.5 Å². The maximum atomic E-state index is 11.5. The molecule has 0 aromatic heterocycles. The van der Waals surface area contributed by atoms with Gasteiger partial charge in [0.05, 0.1) is 0 Å². The maximum absolute atomic E-state index is 11.5. The van der Waals surface area contributed by atoms with E-state index in [1.54, 1.807) is 6.92 Å². The number of rotatable bonds is 2. The summed E-state index contributed by atoms with van der Waals surface area (Å²) in [5.74, 6) is 0.145. The molecule has 0 spiro atoms. The van der Waals surface area contributed by atoms with Crippen LogP contribution >= 0.6 is 0 Å². The Morgan fingerprint density at radius 3 is 2.79 bits per heavy atom. The monoisotopic (exact) mass is 258 g/mol. The minimum Gasteiger partial charge on any atom is -0.382 e. The SMILES string of the molecule is CC(=O)N1CCc2cc(NC3CCCCC3)ccc21. The van der Waals surface area contributed by atoms with Gasteiger partial charge in [-0.25, -0.2) is 0 Å². The standard InChI is InChI=1S/C16H22N2O/c1-12(19)18-10-9-13-11-15(7-8-16(13)18)17-14-5-3-2-4-6-14/h7-8,11,14,17H,2-6,9-10H2,1H3. The predicted molar refractivity (Wildman–Crippen MR) is 78.7 cm³/mol. The molecule has 1 heterocycles. The molecule has 1 saturated carbocycles. The summed E-state index contributed by atoms with van der Waals surface area (Å²) in [4.78, 5) is 13.4. The number of nitrogens with one attached hydrogen (secondary N) is 1. The van der Waals surface area contributed by atoms with Gasteiger partial charge in [0.1, 0.15) is 0 Å². The fourth-order valence-electron chi connectivity index (χ4n) is 3.30. The number of nitrogens with zero attached hydrogens (tertiary/aromatic N) is 1. The molecule has 2 aliphatic rings. The third-order valence-electron chi connectivity index (χ3n) is 4.33. The molecule has 1 aliphatic heterocycles. The van der Waals surface area contributed by atoms with Crippen molar-refractivity contribution < 1.29 is 4.79 Å². The van der Waals surface area contributed by atoms with Crippen LogP contribution in [0, 0.1) is 0 Å². The molecule has 3 nitrogen and oxygen atoms in total. The number of anilines is 2. The quantitative estimate of drug-likeness (QED) is 0.882. The predicted octanol–water partition coefficient (Wildman–Crippen LogP) is 3.34. The van der Waals surface area contributed by atoms with Gasteiger partial charge in [-0.15, -0.1) is 0 Å². The number of amides is 1. The van der Waals surface area contributed by atoms with E-state index in [-0.39, 0.29) is 5.91 Å². The Bertz CT molecular complexity index is 478. The van der Waals surface area contributed by atoms with E-state index in [0.29, 0.717) is 6.04 Å². The van der Waals surface area contributed by atoms with E-state index in [4.69, 9.17) is 0 Å². The van der Waals surface area contributed by atoms with Crippen LogP contribution in [0.15, 0.2) is 18.2 Å². The first kappa shape index (κ1) is 12.5. The Morgan fingerprint density at radius 1 is 1.26 bits per heavy atom. The minimum atomic E-state index is 0.145. The Labute approximate surface area is 115 Å². The van der Waals surface area contributed by atoms with Gasteiger partial charge in [0, 0.05) is 30.9 Å². The van der Waals surface area contributed by atoms with Crippen molar-refractivity contribution in [2.24, 2.45) is 0 Å². The van der Waals surface area contributed by atoms with Gasteiger partial charge >= 0.3 is 0 Å².